The number of aromatic carboxylic acids is 1. The number of hydrogen-bond acceptors (Lipinski definition) is 5. The zero-order valence-electron chi connectivity index (χ0n) is 19.0. The number of carboxylic acid groups (broad SMARTS) is 1. The van der Waals surface area contributed by atoms with Crippen LogP contribution < -0.4 is 5.32 Å². The summed E-state index contributed by atoms with van der Waals surface area (Å²) in [4.78, 5) is 16.8. The predicted molar refractivity (Wildman–Crippen MR) is 125 cm³/mol. The Morgan fingerprint density at radius 2 is 1.87 bits per heavy atom. The Morgan fingerprint density at radius 1 is 1.16 bits per heavy atom. The number of aromatic nitrogens is 1. The molecule has 5 heterocycles. The van der Waals surface area contributed by atoms with E-state index in [-0.39, 0.29) is 5.69 Å². The van der Waals surface area contributed by atoms with Crippen LogP contribution in [0.15, 0.2) is 29.0 Å². The van der Waals surface area contributed by atoms with Crippen LogP contribution in [0.3, 0.4) is 0 Å². The number of hydrogen-bond donors (Lipinski definition) is 2. The lowest BCUT2D eigenvalue weighted by Crippen LogP contribution is -2.56. The molecule has 0 aromatic carbocycles. The number of carbonyl (C=O) groups is 1. The summed E-state index contributed by atoms with van der Waals surface area (Å²) in [7, 11) is 0. The number of fused-ring (bicyclic) bond motifs is 4. The zero-order chi connectivity index (χ0) is 21.9. The number of furan rings is 1. The van der Waals surface area contributed by atoms with Crippen LogP contribution >= 0.6 is 0 Å². The minimum Gasteiger partial charge on any atom is -0.477 e. The molecule has 1 atom stereocenters. The summed E-state index contributed by atoms with van der Waals surface area (Å²) in [5.74, 6) is -0.0443. The van der Waals surface area contributed by atoms with Gasteiger partial charge < -0.3 is 19.7 Å². The van der Waals surface area contributed by atoms with E-state index < -0.39 is 5.97 Å². The molecule has 2 aromatic rings. The molecule has 3 aliphatic rings. The molecule has 5 rings (SSSR count). The van der Waals surface area contributed by atoms with Crippen molar-refractivity contribution in [1.29, 1.82) is 0 Å². The molecule has 6 nitrogen and oxygen atoms in total. The first-order valence-electron chi connectivity index (χ1n) is 12.2. The van der Waals surface area contributed by atoms with E-state index in [1.165, 1.54) is 109 Å². The molecule has 3 saturated heterocycles. The summed E-state index contributed by atoms with van der Waals surface area (Å²) < 4.78 is 5.00. The van der Waals surface area contributed by atoms with Gasteiger partial charge in [0.05, 0.1) is 12.5 Å². The van der Waals surface area contributed by atoms with Gasteiger partial charge in [-0.3, -0.25) is 0 Å². The predicted octanol–water partition coefficient (Wildman–Crippen LogP) is 5.34. The van der Waals surface area contributed by atoms with Crippen LogP contribution in [-0.2, 0) is 0 Å². The Bertz CT molecular complexity index is 783. The summed E-state index contributed by atoms with van der Waals surface area (Å²) in [5, 5.41) is 13.2. The average molecular weight is 430 g/mol. The molecular formula is C25H39N3O3. The lowest BCUT2D eigenvalue weighted by atomic mass is 9.84. The largest absolute Gasteiger partial charge is 0.477 e. The maximum Gasteiger partial charge on any atom is 0.354 e. The molecule has 3 aliphatic heterocycles. The van der Waals surface area contributed by atoms with Crippen molar-refractivity contribution in [2.24, 2.45) is 5.92 Å². The highest BCUT2D eigenvalue weighted by Crippen LogP contribution is 2.27. The fraction of sp³-hybridized carbons (Fsp3) is 0.680. The number of nitrogens with zero attached hydrogens (tertiary/aromatic N) is 2. The van der Waals surface area contributed by atoms with Gasteiger partial charge in [-0.2, -0.15) is 0 Å². The maximum absolute atomic E-state index is 10.5. The molecule has 1 unspecified atom stereocenters. The second-order valence-corrected chi connectivity index (χ2v) is 9.01. The molecule has 0 spiro atoms. The molecule has 6 heteroatoms. The molecule has 0 radical (unpaired) electrons. The molecular weight excluding hydrogens is 390 g/mol. The molecule has 2 N–H and O–H groups in total. The molecule has 2 aromatic heterocycles. The first kappa shape index (κ1) is 23.7. The Morgan fingerprint density at radius 3 is 2.52 bits per heavy atom. The standard InChI is InChI=1S/C17H34N2.C8H5NO3/c1-2-3-4-5-6-7-8-9-12-18-17-15-19-13-10-16(17)11-14-19;10-8(11)6-3-5-1-2-12-7(5)4-9-6/h16-18H,2-15H2,1H3;1-4H,(H,10,11). The quantitative estimate of drug-likeness (QED) is 0.470. The van der Waals surface area contributed by atoms with Crippen molar-refractivity contribution in [2.75, 3.05) is 26.2 Å². The van der Waals surface area contributed by atoms with Gasteiger partial charge in [0.15, 0.2) is 5.58 Å². The second kappa shape index (κ2) is 12.8. The van der Waals surface area contributed by atoms with Gasteiger partial charge in [-0.25, -0.2) is 9.78 Å². The van der Waals surface area contributed by atoms with Gasteiger partial charge in [0.25, 0.3) is 0 Å². The van der Waals surface area contributed by atoms with Gasteiger partial charge in [0, 0.05) is 18.0 Å². The third-order valence-corrected chi connectivity index (χ3v) is 6.65. The summed E-state index contributed by atoms with van der Waals surface area (Å²) in [6.45, 7) is 7.59. The lowest BCUT2D eigenvalue weighted by molar-refractivity contribution is 0.0690. The summed E-state index contributed by atoms with van der Waals surface area (Å²) in [6.07, 6.45) is 17.2. The van der Waals surface area contributed by atoms with E-state index in [1.54, 1.807) is 6.07 Å². The third-order valence-electron chi connectivity index (χ3n) is 6.65. The molecule has 31 heavy (non-hydrogen) atoms. The van der Waals surface area contributed by atoms with Gasteiger partial charge in [0.2, 0.25) is 0 Å². The van der Waals surface area contributed by atoms with Crippen LogP contribution in [0.2, 0.25) is 0 Å². The second-order valence-electron chi connectivity index (χ2n) is 9.01. The number of pyridine rings is 1. The number of nitrogens with one attached hydrogen (secondary N) is 1. The monoisotopic (exact) mass is 429 g/mol. The highest BCUT2D eigenvalue weighted by Gasteiger charge is 2.33. The van der Waals surface area contributed by atoms with Crippen LogP contribution in [0.5, 0.6) is 0 Å². The van der Waals surface area contributed by atoms with Gasteiger partial charge >= 0.3 is 5.97 Å². The first-order valence-corrected chi connectivity index (χ1v) is 12.2. The summed E-state index contributed by atoms with van der Waals surface area (Å²) in [5.41, 5.74) is 0.629. The van der Waals surface area contributed by atoms with Crippen LogP contribution in [0.25, 0.3) is 11.0 Å². The lowest BCUT2D eigenvalue weighted by Gasteiger charge is -2.45. The summed E-state index contributed by atoms with van der Waals surface area (Å²) >= 11 is 0. The van der Waals surface area contributed by atoms with E-state index in [9.17, 15) is 4.79 Å². The number of unbranched alkanes of at least 4 members (excludes halogenated alkanes) is 7. The Hall–Kier alpha value is -1.92. The first-order chi connectivity index (χ1) is 15.2. The van der Waals surface area contributed by atoms with Crippen LogP contribution in [0, 0.1) is 5.92 Å². The van der Waals surface area contributed by atoms with Crippen molar-refractivity contribution in [3.05, 3.63) is 30.3 Å². The van der Waals surface area contributed by atoms with Crippen molar-refractivity contribution in [3.8, 4) is 0 Å². The fourth-order valence-corrected chi connectivity index (χ4v) is 4.73. The SMILES string of the molecule is CCCCCCCCCCNC1CN2CCC1CC2.O=C(O)c1cc2ccoc2cn1. The zero-order valence-corrected chi connectivity index (χ0v) is 19.0. The Balaban J connectivity index is 0.000000194. The highest BCUT2D eigenvalue weighted by atomic mass is 16.4. The van der Waals surface area contributed by atoms with Crippen molar-refractivity contribution >= 4 is 16.9 Å². The minimum absolute atomic E-state index is 0.0314. The minimum atomic E-state index is -1.03. The van der Waals surface area contributed by atoms with Crippen molar-refractivity contribution in [1.82, 2.24) is 15.2 Å². The average Bonchev–Trinajstić information content (AvgIpc) is 3.27. The van der Waals surface area contributed by atoms with Crippen LogP contribution in [0.1, 0.15) is 81.6 Å². The van der Waals surface area contributed by atoms with E-state index >= 15 is 0 Å². The van der Waals surface area contributed by atoms with Gasteiger partial charge in [-0.15, -0.1) is 0 Å². The topological polar surface area (TPSA) is 78.6 Å². The number of rotatable bonds is 11. The molecule has 3 fully saturated rings. The normalized spacial score (nSPS) is 22.3. The van der Waals surface area contributed by atoms with Crippen LogP contribution in [0.4, 0.5) is 0 Å². The fourth-order valence-electron chi connectivity index (χ4n) is 4.73. The van der Waals surface area contributed by atoms with Crippen LogP contribution in [-0.4, -0.2) is 53.2 Å². The van der Waals surface area contributed by atoms with E-state index in [2.05, 4.69) is 22.1 Å². The van der Waals surface area contributed by atoms with Crippen molar-refractivity contribution in [2.45, 2.75) is 77.2 Å². The number of piperidine rings is 3. The van der Waals surface area contributed by atoms with Crippen molar-refractivity contribution < 1.29 is 14.3 Å². The van der Waals surface area contributed by atoms with Gasteiger partial charge in [-0.05, 0) is 56.9 Å². The molecule has 172 valence electrons. The molecule has 2 bridgehead atoms. The molecule has 0 saturated carbocycles. The maximum atomic E-state index is 10.5. The van der Waals surface area contributed by atoms with Gasteiger partial charge in [0.1, 0.15) is 5.69 Å². The van der Waals surface area contributed by atoms with Gasteiger partial charge in [-0.1, -0.05) is 51.9 Å². The Labute approximate surface area is 186 Å². The summed E-state index contributed by atoms with van der Waals surface area (Å²) in [6, 6.07) is 3.98. The Kier molecular flexibility index (Phi) is 9.82. The smallest absolute Gasteiger partial charge is 0.354 e. The van der Waals surface area contributed by atoms with E-state index in [1.807, 2.05) is 0 Å². The molecule has 0 amide bonds. The van der Waals surface area contributed by atoms with Crippen molar-refractivity contribution in [3.63, 3.8) is 0 Å². The van der Waals surface area contributed by atoms with E-state index in [0.29, 0.717) is 5.58 Å². The number of carboxylic acids is 1. The third kappa shape index (κ3) is 7.62. The van der Waals surface area contributed by atoms with E-state index in [4.69, 9.17) is 9.52 Å². The molecule has 0 aliphatic carbocycles. The van der Waals surface area contributed by atoms with E-state index in [0.717, 1.165) is 17.3 Å². The highest BCUT2D eigenvalue weighted by molar-refractivity contribution is 5.90.